The first-order chi connectivity index (χ1) is 10.4. The van der Waals surface area contributed by atoms with Crippen molar-refractivity contribution in [3.8, 4) is 5.75 Å². The number of nitrogens with zero attached hydrogens (tertiary/aromatic N) is 1. The van der Waals surface area contributed by atoms with Gasteiger partial charge in [-0.25, -0.2) is 0 Å². The van der Waals surface area contributed by atoms with E-state index < -0.39 is 0 Å². The van der Waals surface area contributed by atoms with Crippen LogP contribution in [0.25, 0.3) is 0 Å². The monoisotopic (exact) mass is 282 g/mol. The van der Waals surface area contributed by atoms with Gasteiger partial charge in [0.2, 0.25) is 0 Å². The fraction of sp³-hybridized carbons (Fsp3) is 0.389. The van der Waals surface area contributed by atoms with Crippen LogP contribution in [0.1, 0.15) is 42.6 Å². The Kier molecular flexibility index (Phi) is 4.51. The number of hydrogen-bond acceptors (Lipinski definition) is 3. The minimum Gasteiger partial charge on any atom is -0.484 e. The molecule has 0 saturated heterocycles. The lowest BCUT2D eigenvalue weighted by molar-refractivity contribution is 0.180. The molecular weight excluding hydrogens is 260 g/mol. The summed E-state index contributed by atoms with van der Waals surface area (Å²) in [5, 5.41) is 3.35. The Balaban J connectivity index is 1.81. The molecule has 0 amide bonds. The summed E-state index contributed by atoms with van der Waals surface area (Å²) < 4.78 is 6.31. The van der Waals surface area contributed by atoms with Crippen LogP contribution < -0.4 is 10.1 Å². The highest BCUT2D eigenvalue weighted by molar-refractivity contribution is 5.34. The lowest BCUT2D eigenvalue weighted by Gasteiger charge is -2.27. The van der Waals surface area contributed by atoms with E-state index in [1.165, 1.54) is 23.1 Å². The summed E-state index contributed by atoms with van der Waals surface area (Å²) in [4.78, 5) is 4.22. The zero-order valence-electron chi connectivity index (χ0n) is 12.5. The van der Waals surface area contributed by atoms with Crippen LogP contribution in [0.5, 0.6) is 5.75 Å². The van der Waals surface area contributed by atoms with Crippen molar-refractivity contribution in [3.63, 3.8) is 0 Å². The molecule has 2 aromatic rings. The highest BCUT2D eigenvalue weighted by atomic mass is 16.5. The second-order valence-corrected chi connectivity index (χ2v) is 5.46. The molecule has 1 atom stereocenters. The van der Waals surface area contributed by atoms with Gasteiger partial charge in [0.25, 0.3) is 0 Å². The quantitative estimate of drug-likeness (QED) is 0.909. The average Bonchev–Trinajstić information content (AvgIpc) is 2.54. The zero-order valence-corrected chi connectivity index (χ0v) is 12.5. The van der Waals surface area contributed by atoms with Gasteiger partial charge >= 0.3 is 0 Å². The van der Waals surface area contributed by atoms with E-state index in [0.29, 0.717) is 0 Å². The van der Waals surface area contributed by atoms with E-state index >= 15 is 0 Å². The highest BCUT2D eigenvalue weighted by Gasteiger charge is 2.22. The largest absolute Gasteiger partial charge is 0.484 e. The smallest absolute Gasteiger partial charge is 0.143 e. The third-order valence-electron chi connectivity index (χ3n) is 4.02. The molecule has 1 aromatic carbocycles. The number of rotatable bonds is 5. The number of benzene rings is 1. The van der Waals surface area contributed by atoms with Crippen molar-refractivity contribution in [2.45, 2.75) is 38.8 Å². The second-order valence-electron chi connectivity index (χ2n) is 5.46. The Labute approximate surface area is 126 Å². The first kappa shape index (κ1) is 14.1. The summed E-state index contributed by atoms with van der Waals surface area (Å²) in [5.74, 6) is 0.903. The Bertz CT molecular complexity index is 597. The van der Waals surface area contributed by atoms with Crippen molar-refractivity contribution in [1.29, 1.82) is 0 Å². The van der Waals surface area contributed by atoms with Gasteiger partial charge in [-0.15, -0.1) is 0 Å². The summed E-state index contributed by atoms with van der Waals surface area (Å²) in [6.45, 7) is 3.88. The van der Waals surface area contributed by atoms with Crippen molar-refractivity contribution in [2.24, 2.45) is 0 Å². The molecule has 0 saturated carbocycles. The molecule has 1 aliphatic rings. The average molecular weight is 282 g/mol. The van der Waals surface area contributed by atoms with Gasteiger partial charge in [0.05, 0.1) is 6.20 Å². The third-order valence-corrected chi connectivity index (χ3v) is 4.02. The van der Waals surface area contributed by atoms with Gasteiger partial charge in [0.15, 0.2) is 0 Å². The maximum Gasteiger partial charge on any atom is 0.143 e. The van der Waals surface area contributed by atoms with Gasteiger partial charge in [0.1, 0.15) is 11.9 Å². The molecule has 110 valence electrons. The minimum atomic E-state index is 0.152. The number of fused-ring (bicyclic) bond motifs is 1. The number of nitrogens with one attached hydrogen (secondary N) is 1. The Hall–Kier alpha value is -1.87. The number of aryl methyl sites for hydroxylation is 1. The maximum atomic E-state index is 6.31. The Morgan fingerprint density at radius 2 is 2.19 bits per heavy atom. The number of pyridine rings is 1. The van der Waals surface area contributed by atoms with Crippen LogP contribution in [0.2, 0.25) is 0 Å². The van der Waals surface area contributed by atoms with Gasteiger partial charge in [-0.2, -0.15) is 0 Å². The number of aromatic nitrogens is 1. The van der Waals surface area contributed by atoms with Crippen LogP contribution in [0, 0.1) is 0 Å². The highest BCUT2D eigenvalue weighted by Crippen LogP contribution is 2.34. The molecular formula is C18H22N2O. The molecule has 21 heavy (non-hydrogen) atoms. The lowest BCUT2D eigenvalue weighted by atomic mass is 9.89. The van der Waals surface area contributed by atoms with Crippen LogP contribution >= 0.6 is 0 Å². The first-order valence-corrected chi connectivity index (χ1v) is 7.76. The van der Waals surface area contributed by atoms with Crippen LogP contribution in [-0.4, -0.2) is 11.5 Å². The van der Waals surface area contributed by atoms with Crippen molar-refractivity contribution >= 4 is 0 Å². The summed E-state index contributed by atoms with van der Waals surface area (Å²) in [5.41, 5.74) is 3.93. The van der Waals surface area contributed by atoms with Crippen LogP contribution in [0.4, 0.5) is 0 Å². The van der Waals surface area contributed by atoms with E-state index in [0.717, 1.165) is 31.7 Å². The maximum absolute atomic E-state index is 6.31. The second kappa shape index (κ2) is 6.72. The molecule has 0 radical (unpaired) electrons. The zero-order chi connectivity index (χ0) is 14.5. The Morgan fingerprint density at radius 3 is 3.10 bits per heavy atom. The predicted octanol–water partition coefficient (Wildman–Crippen LogP) is 3.65. The topological polar surface area (TPSA) is 34.2 Å². The third kappa shape index (κ3) is 3.24. The fourth-order valence-electron chi connectivity index (χ4n) is 2.91. The summed E-state index contributed by atoms with van der Waals surface area (Å²) >= 11 is 0. The fourth-order valence-corrected chi connectivity index (χ4v) is 2.91. The lowest BCUT2D eigenvalue weighted by Crippen LogP contribution is -2.17. The van der Waals surface area contributed by atoms with E-state index in [1.807, 2.05) is 18.5 Å². The van der Waals surface area contributed by atoms with Crippen molar-refractivity contribution in [3.05, 3.63) is 59.4 Å². The van der Waals surface area contributed by atoms with Crippen LogP contribution in [0.15, 0.2) is 42.7 Å². The molecule has 0 spiro atoms. The van der Waals surface area contributed by atoms with Crippen molar-refractivity contribution < 1.29 is 4.74 Å². The SMILES string of the molecule is CCNCc1ccncc1OC1CCCc2ccccc21. The van der Waals surface area contributed by atoms with Crippen molar-refractivity contribution in [1.82, 2.24) is 10.3 Å². The molecule has 1 N–H and O–H groups in total. The van der Waals surface area contributed by atoms with Gasteiger partial charge in [0, 0.05) is 18.3 Å². The first-order valence-electron chi connectivity index (χ1n) is 7.76. The van der Waals surface area contributed by atoms with E-state index in [-0.39, 0.29) is 6.10 Å². The minimum absolute atomic E-state index is 0.152. The predicted molar refractivity (Wildman–Crippen MR) is 84.4 cm³/mol. The van der Waals surface area contributed by atoms with Crippen LogP contribution in [0.3, 0.4) is 0 Å². The van der Waals surface area contributed by atoms with Gasteiger partial charge in [-0.05, 0) is 43.0 Å². The normalized spacial score (nSPS) is 17.3. The number of ether oxygens (including phenoxy) is 1. The van der Waals surface area contributed by atoms with Gasteiger partial charge in [-0.1, -0.05) is 31.2 Å². The van der Waals surface area contributed by atoms with E-state index in [9.17, 15) is 0 Å². The summed E-state index contributed by atoms with van der Waals surface area (Å²) in [7, 11) is 0. The number of hydrogen-bond donors (Lipinski definition) is 1. The molecule has 0 fully saturated rings. The Morgan fingerprint density at radius 1 is 1.29 bits per heavy atom. The molecule has 3 nitrogen and oxygen atoms in total. The van der Waals surface area contributed by atoms with E-state index in [2.05, 4.69) is 41.5 Å². The molecule has 1 heterocycles. The summed E-state index contributed by atoms with van der Waals surface area (Å²) in [6, 6.07) is 10.7. The molecule has 1 unspecified atom stereocenters. The molecule has 3 rings (SSSR count). The molecule has 1 aromatic heterocycles. The standard InChI is InChI=1S/C18H22N2O/c1-2-19-12-15-10-11-20-13-18(15)21-17-9-5-7-14-6-3-4-8-16(14)17/h3-4,6,8,10-11,13,17,19H,2,5,7,9,12H2,1H3. The molecule has 0 bridgehead atoms. The molecule has 0 aliphatic heterocycles. The van der Waals surface area contributed by atoms with E-state index in [4.69, 9.17) is 4.74 Å². The molecule has 1 aliphatic carbocycles. The van der Waals surface area contributed by atoms with Gasteiger partial charge in [-0.3, -0.25) is 4.98 Å². The van der Waals surface area contributed by atoms with Crippen LogP contribution in [-0.2, 0) is 13.0 Å². The van der Waals surface area contributed by atoms with Crippen molar-refractivity contribution in [2.75, 3.05) is 6.54 Å². The molecule has 3 heteroatoms. The summed E-state index contributed by atoms with van der Waals surface area (Å²) in [6.07, 6.45) is 7.24. The van der Waals surface area contributed by atoms with Gasteiger partial charge < -0.3 is 10.1 Å². The van der Waals surface area contributed by atoms with E-state index in [1.54, 1.807) is 0 Å².